The Morgan fingerprint density at radius 3 is 0.848 bits per heavy atom. The molecule has 0 bridgehead atoms. The highest BCUT2D eigenvalue weighted by Crippen LogP contribution is 2.57. The molecule has 3 heteroatoms. The predicted octanol–water partition coefficient (Wildman–Crippen LogP) is 24.9. The first-order chi connectivity index (χ1) is 45.7. The molecule has 0 aliphatic rings. The van der Waals surface area contributed by atoms with E-state index in [1.54, 1.807) is 0 Å². The molecule has 0 radical (unpaired) electrons. The lowest BCUT2D eigenvalue weighted by Crippen LogP contribution is -2.02. The normalized spacial score (nSPS) is 11.5. The van der Waals surface area contributed by atoms with E-state index >= 15 is 0 Å². The maximum absolute atomic E-state index is 6.74. The monoisotopic (exact) mass is 1170 g/mol. The zero-order valence-corrected chi connectivity index (χ0v) is 50.2. The number of para-hydroxylation sites is 2. The van der Waals surface area contributed by atoms with Crippen molar-refractivity contribution in [1.82, 2.24) is 4.98 Å². The zero-order chi connectivity index (χ0) is 60.9. The van der Waals surface area contributed by atoms with Crippen LogP contribution in [-0.4, -0.2) is 4.98 Å². The predicted molar refractivity (Wildman–Crippen MR) is 384 cm³/mol. The fourth-order valence-electron chi connectivity index (χ4n) is 14.1. The van der Waals surface area contributed by atoms with Crippen LogP contribution in [0.5, 0.6) is 0 Å². The van der Waals surface area contributed by atoms with Crippen molar-refractivity contribution in [2.24, 2.45) is 0 Å². The van der Waals surface area contributed by atoms with E-state index in [9.17, 15) is 0 Å². The first-order valence-electron chi connectivity index (χ1n) is 31.4. The van der Waals surface area contributed by atoms with Gasteiger partial charge in [-0.1, -0.05) is 291 Å². The summed E-state index contributed by atoms with van der Waals surface area (Å²) in [6, 6.07) is 122. The van der Waals surface area contributed by atoms with Crippen molar-refractivity contribution in [2.45, 2.75) is 0 Å². The summed E-state index contributed by atoms with van der Waals surface area (Å²) >= 11 is 0. The average molecular weight is 1170 g/mol. The Morgan fingerprint density at radius 1 is 0.174 bits per heavy atom. The molecule has 0 atom stereocenters. The van der Waals surface area contributed by atoms with E-state index in [1.165, 1.54) is 5.56 Å². The molecule has 3 nitrogen and oxygen atoms in total. The molecule has 0 aliphatic carbocycles. The van der Waals surface area contributed by atoms with Gasteiger partial charge in [0, 0.05) is 44.4 Å². The van der Waals surface area contributed by atoms with Gasteiger partial charge in [0.1, 0.15) is 22.3 Å². The van der Waals surface area contributed by atoms with Crippen LogP contribution in [0.1, 0.15) is 0 Å². The van der Waals surface area contributed by atoms with Gasteiger partial charge in [0.25, 0.3) is 0 Å². The van der Waals surface area contributed by atoms with Crippen molar-refractivity contribution in [2.75, 3.05) is 0 Å². The smallest absolute Gasteiger partial charge is 0.136 e. The summed E-state index contributed by atoms with van der Waals surface area (Å²) in [5.41, 5.74) is 29.7. The third-order valence-corrected chi connectivity index (χ3v) is 18.2. The van der Waals surface area contributed by atoms with Crippen LogP contribution in [0.2, 0.25) is 0 Å². The number of rotatable bonds is 12. The summed E-state index contributed by atoms with van der Waals surface area (Å²) in [5.74, 6) is 0. The Morgan fingerprint density at radius 2 is 0.446 bits per heavy atom. The molecule has 0 aliphatic heterocycles. The number of hydrogen-bond donors (Lipinski definition) is 0. The van der Waals surface area contributed by atoms with Gasteiger partial charge in [-0.3, -0.25) is 4.98 Å². The Bertz CT molecular complexity index is 5550. The van der Waals surface area contributed by atoms with E-state index in [4.69, 9.17) is 13.8 Å². The molecule has 0 saturated heterocycles. The molecule has 0 spiro atoms. The molecule has 0 amide bonds. The molecular weight excluding hydrogens is 1110 g/mol. The van der Waals surface area contributed by atoms with Crippen LogP contribution in [0.4, 0.5) is 0 Å². The van der Waals surface area contributed by atoms with Crippen LogP contribution >= 0.6 is 0 Å². The molecule has 0 unspecified atom stereocenters. The molecule has 430 valence electrons. The number of fused-ring (bicyclic) bond motifs is 6. The molecule has 17 rings (SSSR count). The van der Waals surface area contributed by atoms with Gasteiger partial charge in [-0.2, -0.15) is 0 Å². The van der Waals surface area contributed by atoms with Gasteiger partial charge in [-0.05, 0) is 160 Å². The van der Waals surface area contributed by atoms with Crippen LogP contribution in [0.25, 0.3) is 178 Å². The minimum Gasteiger partial charge on any atom is -0.456 e. The largest absolute Gasteiger partial charge is 0.456 e. The minimum absolute atomic E-state index is 0.833. The molecule has 3 heterocycles. The van der Waals surface area contributed by atoms with E-state index in [0.29, 0.717) is 0 Å². The first-order valence-corrected chi connectivity index (χ1v) is 31.4. The molecule has 0 fully saturated rings. The highest BCUT2D eigenvalue weighted by molar-refractivity contribution is 6.17. The van der Waals surface area contributed by atoms with E-state index in [2.05, 4.69) is 334 Å². The second-order valence-corrected chi connectivity index (χ2v) is 23.5. The second kappa shape index (κ2) is 23.1. The van der Waals surface area contributed by atoms with Crippen molar-refractivity contribution in [1.29, 1.82) is 0 Å². The molecule has 92 heavy (non-hydrogen) atoms. The maximum Gasteiger partial charge on any atom is 0.136 e. The standard InChI is InChI=1S/C89H57NO2/c1-8-26-58(27-9-1)74-56-75(82(67-48-51-72-70-40-22-24-42-77(70)91-79(72)54-67)83(62-30-12-3-13-31-62)81(74)61-28-10-2-11-29-61)59-44-46-60(47-45-59)76-53-50-69(57-90-76)89-87(66-38-20-7-21-39-66)85(64-34-16-5-17-35-64)84(63-32-14-4-15-33-63)86(65-36-18-6-19-37-65)88(89)68-49-52-73-71-41-23-25-43-78(71)92-80(73)55-68/h1-57H. The molecule has 3 aromatic heterocycles. The summed E-state index contributed by atoms with van der Waals surface area (Å²) in [5, 5.41) is 4.37. The number of aromatic nitrogens is 1. The quantitative estimate of drug-likeness (QED) is 0.122. The lowest BCUT2D eigenvalue weighted by Gasteiger charge is -2.28. The number of benzene rings is 14. The van der Waals surface area contributed by atoms with Gasteiger partial charge in [0.05, 0.1) is 5.69 Å². The maximum atomic E-state index is 6.74. The fraction of sp³-hybridized carbons (Fsp3) is 0. The van der Waals surface area contributed by atoms with Crippen LogP contribution in [0.15, 0.2) is 355 Å². The van der Waals surface area contributed by atoms with Crippen LogP contribution in [-0.2, 0) is 0 Å². The Kier molecular flexibility index (Phi) is 13.6. The molecule has 0 N–H and O–H groups in total. The Hall–Kier alpha value is -12.2. The van der Waals surface area contributed by atoms with Crippen molar-refractivity contribution in [3.8, 4) is 134 Å². The number of hydrogen-bond acceptors (Lipinski definition) is 3. The van der Waals surface area contributed by atoms with Gasteiger partial charge in [0.15, 0.2) is 0 Å². The SMILES string of the molecule is c1ccc(-c2cc(-c3ccc(-c4ccc(-c5c(-c6ccccc6)c(-c6ccccc6)c(-c6ccccc6)c(-c6ccccc6)c5-c5ccc6c(c5)oc5ccccc56)cn4)cc3)c(-c3ccc4c(c3)oc3ccccc34)c(-c3ccccc3)c2-c2ccccc2)cc1. The van der Waals surface area contributed by atoms with Crippen LogP contribution < -0.4 is 0 Å². The van der Waals surface area contributed by atoms with Crippen molar-refractivity contribution in [3.63, 3.8) is 0 Å². The highest BCUT2D eigenvalue weighted by Gasteiger charge is 2.31. The summed E-state index contributed by atoms with van der Waals surface area (Å²) in [6.07, 6.45) is 2.09. The minimum atomic E-state index is 0.833. The van der Waals surface area contributed by atoms with Gasteiger partial charge in [0.2, 0.25) is 0 Å². The average Bonchev–Trinajstić information content (AvgIpc) is 0.789. The second-order valence-electron chi connectivity index (χ2n) is 23.5. The highest BCUT2D eigenvalue weighted by atomic mass is 16.3. The fourth-order valence-corrected chi connectivity index (χ4v) is 14.1. The van der Waals surface area contributed by atoms with Gasteiger partial charge in [-0.25, -0.2) is 0 Å². The Labute approximate surface area is 534 Å². The third kappa shape index (κ3) is 9.51. The van der Waals surface area contributed by atoms with Gasteiger partial charge in [-0.15, -0.1) is 0 Å². The lowest BCUT2D eigenvalue weighted by atomic mass is 9.74. The van der Waals surface area contributed by atoms with Crippen molar-refractivity contribution >= 4 is 43.9 Å². The number of furan rings is 2. The third-order valence-electron chi connectivity index (χ3n) is 18.2. The molecule has 0 saturated carbocycles. The van der Waals surface area contributed by atoms with Crippen molar-refractivity contribution < 1.29 is 8.83 Å². The van der Waals surface area contributed by atoms with E-state index in [0.717, 1.165) is 172 Å². The summed E-state index contributed by atoms with van der Waals surface area (Å²) in [4.78, 5) is 5.50. The van der Waals surface area contributed by atoms with Crippen LogP contribution in [0, 0.1) is 0 Å². The van der Waals surface area contributed by atoms with Gasteiger partial charge < -0.3 is 8.83 Å². The molecule has 17 aromatic rings. The van der Waals surface area contributed by atoms with Crippen molar-refractivity contribution in [3.05, 3.63) is 346 Å². The summed E-state index contributed by atoms with van der Waals surface area (Å²) in [6.45, 7) is 0. The van der Waals surface area contributed by atoms with E-state index in [1.807, 2.05) is 12.1 Å². The van der Waals surface area contributed by atoms with E-state index < -0.39 is 0 Å². The first kappa shape index (κ1) is 54.0. The summed E-state index contributed by atoms with van der Waals surface area (Å²) < 4.78 is 13.4. The lowest BCUT2D eigenvalue weighted by molar-refractivity contribution is 0.668. The summed E-state index contributed by atoms with van der Waals surface area (Å²) in [7, 11) is 0. The zero-order valence-electron chi connectivity index (χ0n) is 50.2. The topological polar surface area (TPSA) is 39.2 Å². The molecule has 14 aromatic carbocycles. The van der Waals surface area contributed by atoms with Crippen LogP contribution in [0.3, 0.4) is 0 Å². The van der Waals surface area contributed by atoms with E-state index in [-0.39, 0.29) is 0 Å². The van der Waals surface area contributed by atoms with Gasteiger partial charge >= 0.3 is 0 Å². The molecular formula is C89H57NO2. The number of pyridine rings is 1. The Balaban J connectivity index is 0.890. The number of nitrogens with zero attached hydrogens (tertiary/aromatic N) is 1.